The number of hydrogen-bond donors (Lipinski definition) is 1. The number of nitrogens with one attached hydrogen (secondary N) is 1. The lowest BCUT2D eigenvalue weighted by atomic mass is 10.3. The van der Waals surface area contributed by atoms with E-state index in [1.165, 1.54) is 6.07 Å². The van der Waals surface area contributed by atoms with Crippen LogP contribution in [0.5, 0.6) is 0 Å². The fourth-order valence-electron chi connectivity index (χ4n) is 1.84. The van der Waals surface area contributed by atoms with Crippen LogP contribution >= 0.6 is 15.9 Å². The molecule has 0 saturated carbocycles. The van der Waals surface area contributed by atoms with E-state index in [1.807, 2.05) is 0 Å². The minimum absolute atomic E-state index is 0.0166. The normalized spacial score (nSPS) is 22.1. The third kappa shape index (κ3) is 3.76. The Morgan fingerprint density at radius 1 is 1.50 bits per heavy atom. The number of rotatable bonds is 4. The Bertz CT molecular complexity index is 605. The standard InChI is InChI=1S/C12H15BrFNO4S/c1-12(2)18-7-9(19-12)6-15-20(16,17)11-4-3-8(14)5-10(11)13/h3-5,9,15H,6-7H2,1-2H3. The van der Waals surface area contributed by atoms with E-state index in [0.29, 0.717) is 6.61 Å². The second-order valence-electron chi connectivity index (χ2n) is 4.88. The number of benzene rings is 1. The highest BCUT2D eigenvalue weighted by Crippen LogP contribution is 2.24. The number of sulfonamides is 1. The summed E-state index contributed by atoms with van der Waals surface area (Å²) in [7, 11) is -3.73. The van der Waals surface area contributed by atoms with Crippen molar-refractivity contribution in [2.45, 2.75) is 30.6 Å². The molecular weight excluding hydrogens is 353 g/mol. The smallest absolute Gasteiger partial charge is 0.241 e. The Hall–Kier alpha value is -0.540. The van der Waals surface area contributed by atoms with Gasteiger partial charge >= 0.3 is 0 Å². The minimum atomic E-state index is -3.73. The van der Waals surface area contributed by atoms with E-state index in [9.17, 15) is 12.8 Å². The monoisotopic (exact) mass is 367 g/mol. The van der Waals surface area contributed by atoms with Crippen molar-refractivity contribution in [3.63, 3.8) is 0 Å². The molecule has 1 fully saturated rings. The predicted molar refractivity (Wildman–Crippen MR) is 74.2 cm³/mol. The van der Waals surface area contributed by atoms with Crippen LogP contribution in [0.25, 0.3) is 0 Å². The first kappa shape index (κ1) is 15.8. The molecule has 0 radical (unpaired) electrons. The lowest BCUT2D eigenvalue weighted by Crippen LogP contribution is -2.34. The molecule has 0 spiro atoms. The molecule has 1 aliphatic rings. The van der Waals surface area contributed by atoms with Crippen molar-refractivity contribution in [3.05, 3.63) is 28.5 Å². The molecule has 112 valence electrons. The van der Waals surface area contributed by atoms with Crippen LogP contribution in [0.1, 0.15) is 13.8 Å². The fourth-order valence-corrected chi connectivity index (χ4v) is 3.95. The second-order valence-corrected chi connectivity index (χ2v) is 7.47. The largest absolute Gasteiger partial charge is 0.348 e. The maximum atomic E-state index is 13.0. The summed E-state index contributed by atoms with van der Waals surface area (Å²) in [6.45, 7) is 3.94. The van der Waals surface area contributed by atoms with Gasteiger partial charge in [0.25, 0.3) is 0 Å². The first-order valence-corrected chi connectivity index (χ1v) is 8.24. The first-order chi connectivity index (χ1) is 9.20. The summed E-state index contributed by atoms with van der Waals surface area (Å²) >= 11 is 3.04. The molecule has 1 aromatic rings. The molecule has 1 atom stereocenters. The zero-order valence-corrected chi connectivity index (χ0v) is 13.4. The summed E-state index contributed by atoms with van der Waals surface area (Å²) in [6.07, 6.45) is -0.348. The molecule has 0 aliphatic carbocycles. The van der Waals surface area contributed by atoms with Crippen molar-refractivity contribution >= 4 is 26.0 Å². The molecule has 1 unspecified atom stereocenters. The number of halogens is 2. The molecule has 0 amide bonds. The Balaban J connectivity index is 2.05. The minimum Gasteiger partial charge on any atom is -0.348 e. The average molecular weight is 368 g/mol. The summed E-state index contributed by atoms with van der Waals surface area (Å²) in [6, 6.07) is 3.40. The molecule has 1 N–H and O–H groups in total. The molecular formula is C12H15BrFNO4S. The Morgan fingerprint density at radius 3 is 2.75 bits per heavy atom. The molecule has 1 heterocycles. The lowest BCUT2D eigenvalue weighted by Gasteiger charge is -2.17. The van der Waals surface area contributed by atoms with Crippen LogP contribution in [0.4, 0.5) is 4.39 Å². The van der Waals surface area contributed by atoms with Crippen molar-refractivity contribution in [1.82, 2.24) is 4.72 Å². The zero-order chi connectivity index (χ0) is 15.0. The molecule has 0 bridgehead atoms. The van der Waals surface area contributed by atoms with Gasteiger partial charge in [0.05, 0.1) is 17.6 Å². The van der Waals surface area contributed by atoms with Crippen LogP contribution in [0.15, 0.2) is 27.6 Å². The molecule has 8 heteroatoms. The van der Waals surface area contributed by atoms with E-state index in [-0.39, 0.29) is 22.0 Å². The van der Waals surface area contributed by atoms with Gasteiger partial charge in [0.1, 0.15) is 5.82 Å². The van der Waals surface area contributed by atoms with E-state index in [4.69, 9.17) is 9.47 Å². The number of hydrogen-bond acceptors (Lipinski definition) is 4. The highest BCUT2D eigenvalue weighted by Gasteiger charge is 2.33. The van der Waals surface area contributed by atoms with Gasteiger partial charge in [0.2, 0.25) is 10.0 Å². The van der Waals surface area contributed by atoms with Crippen molar-refractivity contribution < 1.29 is 22.3 Å². The van der Waals surface area contributed by atoms with E-state index >= 15 is 0 Å². The zero-order valence-electron chi connectivity index (χ0n) is 11.0. The molecule has 1 aliphatic heterocycles. The van der Waals surface area contributed by atoms with Gasteiger partial charge in [-0.3, -0.25) is 0 Å². The lowest BCUT2D eigenvalue weighted by molar-refractivity contribution is -0.137. The summed E-state index contributed by atoms with van der Waals surface area (Å²) in [5, 5.41) is 0. The molecule has 1 aromatic carbocycles. The molecule has 20 heavy (non-hydrogen) atoms. The van der Waals surface area contributed by atoms with Crippen LogP contribution < -0.4 is 4.72 Å². The van der Waals surface area contributed by atoms with E-state index < -0.39 is 21.6 Å². The highest BCUT2D eigenvalue weighted by atomic mass is 79.9. The summed E-state index contributed by atoms with van der Waals surface area (Å²) in [5.74, 6) is -1.21. The highest BCUT2D eigenvalue weighted by molar-refractivity contribution is 9.10. The maximum Gasteiger partial charge on any atom is 0.241 e. The van der Waals surface area contributed by atoms with Gasteiger partial charge < -0.3 is 9.47 Å². The van der Waals surface area contributed by atoms with E-state index in [1.54, 1.807) is 13.8 Å². The third-order valence-corrected chi connectivity index (χ3v) is 5.15. The molecule has 2 rings (SSSR count). The van der Waals surface area contributed by atoms with Crippen molar-refractivity contribution in [2.75, 3.05) is 13.2 Å². The Morgan fingerprint density at radius 2 is 2.20 bits per heavy atom. The van der Waals surface area contributed by atoms with E-state index in [0.717, 1.165) is 12.1 Å². The van der Waals surface area contributed by atoms with Gasteiger partial charge in [0, 0.05) is 11.0 Å². The molecule has 0 aromatic heterocycles. The van der Waals surface area contributed by atoms with E-state index in [2.05, 4.69) is 20.7 Å². The molecule has 1 saturated heterocycles. The summed E-state index contributed by atoms with van der Waals surface area (Å²) < 4.78 is 50.7. The van der Waals surface area contributed by atoms with Crippen molar-refractivity contribution in [3.8, 4) is 0 Å². The van der Waals surface area contributed by atoms with Gasteiger partial charge in [-0.05, 0) is 48.0 Å². The first-order valence-electron chi connectivity index (χ1n) is 5.96. The second kappa shape index (κ2) is 5.69. The van der Waals surface area contributed by atoms with Crippen LogP contribution in [0.2, 0.25) is 0 Å². The van der Waals surface area contributed by atoms with Crippen LogP contribution in [-0.2, 0) is 19.5 Å². The molecule has 5 nitrogen and oxygen atoms in total. The quantitative estimate of drug-likeness (QED) is 0.883. The SMILES string of the molecule is CC1(C)OCC(CNS(=O)(=O)c2ccc(F)cc2Br)O1. The maximum absolute atomic E-state index is 13.0. The van der Waals surface area contributed by atoms with Crippen molar-refractivity contribution in [1.29, 1.82) is 0 Å². The Labute approximate surface area is 125 Å². The Kier molecular flexibility index (Phi) is 4.50. The van der Waals surface area contributed by atoms with Gasteiger partial charge in [0.15, 0.2) is 5.79 Å². The van der Waals surface area contributed by atoms with Crippen molar-refractivity contribution in [2.24, 2.45) is 0 Å². The van der Waals surface area contributed by atoms with Crippen LogP contribution in [0.3, 0.4) is 0 Å². The average Bonchev–Trinajstić information content (AvgIpc) is 2.66. The van der Waals surface area contributed by atoms with Gasteiger partial charge in [-0.1, -0.05) is 0 Å². The predicted octanol–water partition coefficient (Wildman–Crippen LogP) is 2.02. The fraction of sp³-hybridized carbons (Fsp3) is 0.500. The van der Waals surface area contributed by atoms with Gasteiger partial charge in [-0.25, -0.2) is 17.5 Å². The van der Waals surface area contributed by atoms with Gasteiger partial charge in [-0.15, -0.1) is 0 Å². The summed E-state index contributed by atoms with van der Waals surface area (Å²) in [4.78, 5) is -0.0166. The van der Waals surface area contributed by atoms with Crippen LogP contribution in [-0.4, -0.2) is 33.5 Å². The summed E-state index contributed by atoms with van der Waals surface area (Å²) in [5.41, 5.74) is 0. The topological polar surface area (TPSA) is 64.6 Å². The van der Waals surface area contributed by atoms with Crippen LogP contribution in [0, 0.1) is 5.82 Å². The third-order valence-electron chi connectivity index (χ3n) is 2.75. The number of ether oxygens (including phenoxy) is 2. The van der Waals surface area contributed by atoms with Gasteiger partial charge in [-0.2, -0.15) is 0 Å².